The smallest absolute Gasteiger partial charge is 0.253 e. The molecule has 1 aromatic heterocycles. The van der Waals surface area contributed by atoms with Crippen molar-refractivity contribution >= 4 is 23.2 Å². The van der Waals surface area contributed by atoms with Gasteiger partial charge in [-0.05, 0) is 68.3 Å². The first-order chi connectivity index (χ1) is 13.0. The van der Waals surface area contributed by atoms with Crippen molar-refractivity contribution in [2.45, 2.75) is 33.6 Å². The van der Waals surface area contributed by atoms with Gasteiger partial charge in [-0.1, -0.05) is 12.1 Å². The van der Waals surface area contributed by atoms with Crippen molar-refractivity contribution in [1.82, 2.24) is 9.80 Å². The molecule has 0 saturated carbocycles. The second-order valence-electron chi connectivity index (χ2n) is 7.11. The summed E-state index contributed by atoms with van der Waals surface area (Å²) in [6.07, 6.45) is 1.75. The Bertz CT molecular complexity index is 810. The lowest BCUT2D eigenvalue weighted by Crippen LogP contribution is -2.46. The summed E-state index contributed by atoms with van der Waals surface area (Å²) in [5, 5.41) is 2.08. The van der Waals surface area contributed by atoms with Crippen LogP contribution >= 0.6 is 11.3 Å². The fraction of sp³-hybridized carbons (Fsp3) is 0.455. The number of carbonyl (C=O) groups is 2. The molecule has 144 valence electrons. The van der Waals surface area contributed by atoms with E-state index in [0.717, 1.165) is 38.0 Å². The number of hydrogen-bond donors (Lipinski definition) is 0. The van der Waals surface area contributed by atoms with Gasteiger partial charge in [-0.3, -0.25) is 9.59 Å². The molecule has 1 aliphatic heterocycles. The molecule has 1 saturated heterocycles. The average Bonchev–Trinajstić information content (AvgIpc) is 3.14. The maximum absolute atomic E-state index is 13.1. The van der Waals surface area contributed by atoms with Gasteiger partial charge in [0.05, 0.1) is 5.92 Å². The summed E-state index contributed by atoms with van der Waals surface area (Å²) < 4.78 is 0. The topological polar surface area (TPSA) is 40.6 Å². The summed E-state index contributed by atoms with van der Waals surface area (Å²) >= 11 is 1.70. The van der Waals surface area contributed by atoms with Crippen LogP contribution in [0.15, 0.2) is 35.7 Å². The quantitative estimate of drug-likeness (QED) is 0.764. The lowest BCUT2D eigenvalue weighted by molar-refractivity contribution is -0.136. The van der Waals surface area contributed by atoms with Crippen molar-refractivity contribution in [2.75, 3.05) is 26.2 Å². The number of likely N-dealkylation sites (tertiary alicyclic amines) is 1. The molecule has 1 atom stereocenters. The average molecular weight is 385 g/mol. The Morgan fingerprint density at radius 1 is 1.22 bits per heavy atom. The van der Waals surface area contributed by atoms with Gasteiger partial charge in [-0.2, -0.15) is 0 Å². The minimum absolute atomic E-state index is 0.0307. The Labute approximate surface area is 165 Å². The molecular formula is C22H28N2O2S. The van der Waals surface area contributed by atoms with E-state index in [2.05, 4.69) is 24.4 Å². The van der Waals surface area contributed by atoms with Crippen molar-refractivity contribution in [3.63, 3.8) is 0 Å². The summed E-state index contributed by atoms with van der Waals surface area (Å²) in [7, 11) is 0. The minimum Gasteiger partial charge on any atom is -0.343 e. The number of aryl methyl sites for hydroxylation is 1. The number of thiophene rings is 1. The van der Waals surface area contributed by atoms with Gasteiger partial charge < -0.3 is 9.80 Å². The van der Waals surface area contributed by atoms with Gasteiger partial charge in [0.15, 0.2) is 0 Å². The van der Waals surface area contributed by atoms with E-state index >= 15 is 0 Å². The molecule has 2 amide bonds. The fourth-order valence-corrected chi connectivity index (χ4v) is 4.73. The van der Waals surface area contributed by atoms with Crippen LogP contribution in [0.4, 0.5) is 0 Å². The Morgan fingerprint density at radius 2 is 2.00 bits per heavy atom. The molecule has 27 heavy (non-hydrogen) atoms. The van der Waals surface area contributed by atoms with Crippen molar-refractivity contribution in [1.29, 1.82) is 0 Å². The van der Waals surface area contributed by atoms with Crippen LogP contribution in [-0.2, 0) is 4.79 Å². The summed E-state index contributed by atoms with van der Waals surface area (Å²) in [5.41, 5.74) is 3.02. The fourth-order valence-electron chi connectivity index (χ4n) is 3.80. The van der Waals surface area contributed by atoms with Crippen LogP contribution in [0.5, 0.6) is 0 Å². The van der Waals surface area contributed by atoms with Crippen LogP contribution in [0.25, 0.3) is 10.4 Å². The van der Waals surface area contributed by atoms with Gasteiger partial charge in [-0.15, -0.1) is 11.3 Å². The van der Waals surface area contributed by atoms with Crippen LogP contribution in [0, 0.1) is 12.8 Å². The largest absolute Gasteiger partial charge is 0.343 e. The second kappa shape index (κ2) is 8.70. The summed E-state index contributed by atoms with van der Waals surface area (Å²) in [5.74, 6) is 0.133. The molecule has 0 bridgehead atoms. The highest BCUT2D eigenvalue weighted by molar-refractivity contribution is 7.13. The summed E-state index contributed by atoms with van der Waals surface area (Å²) in [6, 6.07) is 9.97. The number of nitrogens with zero attached hydrogens (tertiary/aromatic N) is 2. The second-order valence-corrected chi connectivity index (χ2v) is 8.03. The van der Waals surface area contributed by atoms with Gasteiger partial charge in [-0.25, -0.2) is 0 Å². The highest BCUT2D eigenvalue weighted by atomic mass is 32.1. The van der Waals surface area contributed by atoms with E-state index in [1.165, 1.54) is 10.4 Å². The third-order valence-electron chi connectivity index (χ3n) is 5.37. The Morgan fingerprint density at radius 3 is 2.67 bits per heavy atom. The van der Waals surface area contributed by atoms with E-state index in [1.807, 2.05) is 41.8 Å². The monoisotopic (exact) mass is 384 g/mol. The standard InChI is InChI=1S/C22H28N2O2S/c1-4-23(5-2)22(26)19-10-7-12-24(15-19)21(25)18-9-6-8-17(14-18)20-16(3)11-13-27-20/h6,8-9,11,13-14,19H,4-5,7,10,12,15H2,1-3H3. The minimum atomic E-state index is -0.0784. The maximum atomic E-state index is 13.1. The van der Waals surface area contributed by atoms with E-state index in [4.69, 9.17) is 0 Å². The van der Waals surface area contributed by atoms with Gasteiger partial charge in [0.2, 0.25) is 5.91 Å². The SMILES string of the molecule is CCN(CC)C(=O)C1CCCN(C(=O)c2cccc(-c3sccc3C)c2)C1. The number of amides is 2. The van der Waals surface area contributed by atoms with Crippen LogP contribution < -0.4 is 0 Å². The molecule has 4 nitrogen and oxygen atoms in total. The molecular weight excluding hydrogens is 356 g/mol. The van der Waals surface area contributed by atoms with Crippen molar-refractivity contribution < 1.29 is 9.59 Å². The number of hydrogen-bond acceptors (Lipinski definition) is 3. The van der Waals surface area contributed by atoms with Crippen LogP contribution in [0.3, 0.4) is 0 Å². The lowest BCUT2D eigenvalue weighted by atomic mass is 9.95. The zero-order valence-corrected chi connectivity index (χ0v) is 17.2. The van der Waals surface area contributed by atoms with Gasteiger partial charge in [0, 0.05) is 36.6 Å². The van der Waals surface area contributed by atoms with E-state index < -0.39 is 0 Å². The van der Waals surface area contributed by atoms with Gasteiger partial charge in [0.25, 0.3) is 5.91 Å². The van der Waals surface area contributed by atoms with Crippen LogP contribution in [0.2, 0.25) is 0 Å². The predicted octanol–water partition coefficient (Wildman–Crippen LogP) is 4.44. The molecule has 3 rings (SSSR count). The van der Waals surface area contributed by atoms with Crippen molar-refractivity contribution in [3.05, 3.63) is 46.8 Å². The Balaban J connectivity index is 1.76. The van der Waals surface area contributed by atoms with Crippen LogP contribution in [-0.4, -0.2) is 47.8 Å². The van der Waals surface area contributed by atoms with E-state index in [0.29, 0.717) is 12.1 Å². The number of benzene rings is 1. The highest BCUT2D eigenvalue weighted by Crippen LogP contribution is 2.30. The maximum Gasteiger partial charge on any atom is 0.253 e. The van der Waals surface area contributed by atoms with E-state index in [-0.39, 0.29) is 17.7 Å². The van der Waals surface area contributed by atoms with Gasteiger partial charge >= 0.3 is 0 Å². The molecule has 1 fully saturated rings. The summed E-state index contributed by atoms with van der Waals surface area (Å²) in [6.45, 7) is 8.80. The first kappa shape index (κ1) is 19.6. The molecule has 2 aromatic rings. The first-order valence-electron chi connectivity index (χ1n) is 9.77. The molecule has 1 aliphatic rings. The van der Waals surface area contributed by atoms with Crippen molar-refractivity contribution in [2.24, 2.45) is 5.92 Å². The molecule has 0 aliphatic carbocycles. The third-order valence-corrected chi connectivity index (χ3v) is 6.43. The third kappa shape index (κ3) is 4.24. The number of piperidine rings is 1. The van der Waals surface area contributed by atoms with E-state index in [1.54, 1.807) is 11.3 Å². The zero-order valence-electron chi connectivity index (χ0n) is 16.4. The molecule has 0 radical (unpaired) electrons. The Kier molecular flexibility index (Phi) is 6.32. The van der Waals surface area contributed by atoms with Crippen LogP contribution in [0.1, 0.15) is 42.6 Å². The lowest BCUT2D eigenvalue weighted by Gasteiger charge is -2.34. The molecule has 0 N–H and O–H groups in total. The molecule has 1 unspecified atom stereocenters. The first-order valence-corrected chi connectivity index (χ1v) is 10.7. The molecule has 2 heterocycles. The molecule has 0 spiro atoms. The van der Waals surface area contributed by atoms with Crippen molar-refractivity contribution in [3.8, 4) is 10.4 Å². The highest BCUT2D eigenvalue weighted by Gasteiger charge is 2.30. The number of carbonyl (C=O) groups excluding carboxylic acids is 2. The predicted molar refractivity (Wildman–Crippen MR) is 111 cm³/mol. The zero-order chi connectivity index (χ0) is 19.4. The van der Waals surface area contributed by atoms with Gasteiger partial charge in [0.1, 0.15) is 0 Å². The summed E-state index contributed by atoms with van der Waals surface area (Å²) in [4.78, 5) is 30.7. The molecule has 5 heteroatoms. The Hall–Kier alpha value is -2.14. The van der Waals surface area contributed by atoms with E-state index in [9.17, 15) is 9.59 Å². The normalized spacial score (nSPS) is 17.0. The number of rotatable bonds is 5. The molecule has 1 aromatic carbocycles.